The molecule has 0 aliphatic heterocycles. The van der Waals surface area contributed by atoms with Crippen LogP contribution in [-0.2, 0) is 44.3 Å². The maximum Gasteiger partial charge on any atom is -0.00258 e. The van der Waals surface area contributed by atoms with Crippen LogP contribution >= 0.6 is 0 Å². The second kappa shape index (κ2) is 25.5. The van der Waals surface area contributed by atoms with Crippen LogP contribution in [0.5, 0.6) is 0 Å². The molecule has 0 heteroatoms. The van der Waals surface area contributed by atoms with Gasteiger partial charge in [0.05, 0.1) is 0 Å². The zero-order valence-electron chi connectivity index (χ0n) is 48.3. The Morgan fingerprint density at radius 1 is 0.227 bits per heavy atom. The van der Waals surface area contributed by atoms with E-state index in [1.807, 2.05) is 13.8 Å². The fourth-order valence-electron chi connectivity index (χ4n) is 6.33. The molecule has 0 heterocycles. The van der Waals surface area contributed by atoms with E-state index in [4.69, 9.17) is 0 Å². The Labute approximate surface area is 412 Å². The van der Waals surface area contributed by atoms with Crippen molar-refractivity contribution in [1.82, 2.24) is 0 Å². The molecule has 0 unspecified atom stereocenters. The minimum atomic E-state index is 0.241. The number of rotatable bonds is 2. The van der Waals surface area contributed by atoms with Crippen LogP contribution in [0.1, 0.15) is 237 Å². The highest BCUT2D eigenvalue weighted by Gasteiger charge is 2.20. The first kappa shape index (κ1) is 62.1. The predicted octanol–water partition coefficient (Wildman–Crippen LogP) is 20.5. The highest BCUT2D eigenvalue weighted by molar-refractivity contribution is 5.35. The SMILES string of the molecule is CC.CC(C)(C)C.CC(C)(C)c1ccc(C(C)(C)C)cc1.CC(C)(C)c1ccc(Cc2ccccc2)cc1.CC(C)(C)c1cccc(C(C)(C)C)c1.CC(C)(C)c1cccc(C(C)(C)C)c1. The van der Waals surface area contributed by atoms with E-state index in [9.17, 15) is 0 Å². The summed E-state index contributed by atoms with van der Waals surface area (Å²) < 4.78 is 0. The van der Waals surface area contributed by atoms with Gasteiger partial charge in [-0.3, -0.25) is 0 Å². The third-order valence-electron chi connectivity index (χ3n) is 10.9. The molecular weight excluding hydrogens is 793 g/mol. The summed E-state index contributed by atoms with van der Waals surface area (Å²) in [6.07, 6.45) is 1.02. The molecule has 0 spiro atoms. The van der Waals surface area contributed by atoms with Crippen molar-refractivity contribution in [2.45, 2.75) is 231 Å². The van der Waals surface area contributed by atoms with Gasteiger partial charge in [-0.1, -0.05) is 314 Å². The molecule has 5 aromatic carbocycles. The minimum Gasteiger partial charge on any atom is -0.0683 e. The molecule has 0 bridgehead atoms. The van der Waals surface area contributed by atoms with Crippen molar-refractivity contribution in [2.24, 2.45) is 5.41 Å². The van der Waals surface area contributed by atoms with Crippen LogP contribution in [0.4, 0.5) is 0 Å². The van der Waals surface area contributed by atoms with Gasteiger partial charge in [0, 0.05) is 0 Å². The van der Waals surface area contributed by atoms with Crippen LogP contribution in [0.2, 0.25) is 0 Å². The minimum absolute atomic E-state index is 0.241. The van der Waals surface area contributed by atoms with Gasteiger partial charge in [0.15, 0.2) is 0 Å². The molecule has 0 saturated heterocycles. The van der Waals surface area contributed by atoms with Gasteiger partial charge in [0.25, 0.3) is 0 Å². The number of benzene rings is 5. The van der Waals surface area contributed by atoms with Gasteiger partial charge in [0.2, 0.25) is 0 Å². The Morgan fingerprint density at radius 3 is 0.636 bits per heavy atom. The number of hydrogen-bond donors (Lipinski definition) is 0. The molecule has 0 radical (unpaired) electrons. The quantitative estimate of drug-likeness (QED) is 0.166. The van der Waals surface area contributed by atoms with Gasteiger partial charge in [0.1, 0.15) is 0 Å². The first-order chi connectivity index (χ1) is 29.7. The van der Waals surface area contributed by atoms with Crippen molar-refractivity contribution < 1.29 is 0 Å². The second-order valence-corrected chi connectivity index (χ2v) is 26.8. The molecule has 5 aromatic rings. The van der Waals surface area contributed by atoms with Crippen LogP contribution in [0.3, 0.4) is 0 Å². The van der Waals surface area contributed by atoms with E-state index < -0.39 is 0 Å². The van der Waals surface area contributed by atoms with E-state index in [1.54, 1.807) is 0 Å². The molecule has 0 amide bonds. The first-order valence-electron chi connectivity index (χ1n) is 25.2. The summed E-state index contributed by atoms with van der Waals surface area (Å²) in [5.41, 5.74) is 14.9. The maximum absolute atomic E-state index is 2.33. The van der Waals surface area contributed by atoms with Gasteiger partial charge < -0.3 is 0 Å². The lowest BCUT2D eigenvalue weighted by Crippen LogP contribution is -2.15. The molecule has 66 heavy (non-hydrogen) atoms. The first-order valence-corrected chi connectivity index (χ1v) is 25.2. The van der Waals surface area contributed by atoms with Gasteiger partial charge in [-0.2, -0.15) is 0 Å². The fourth-order valence-corrected chi connectivity index (χ4v) is 6.33. The summed E-state index contributed by atoms with van der Waals surface area (Å²) in [6, 6.07) is 46.5. The van der Waals surface area contributed by atoms with E-state index in [1.165, 1.54) is 50.1 Å². The lowest BCUT2D eigenvalue weighted by Gasteiger charge is -2.24. The van der Waals surface area contributed by atoms with Crippen LogP contribution in [-0.4, -0.2) is 0 Å². The van der Waals surface area contributed by atoms with Crippen molar-refractivity contribution in [3.8, 4) is 0 Å². The Bertz CT molecular complexity index is 1880. The van der Waals surface area contributed by atoms with Gasteiger partial charge in [-0.05, 0) is 99.8 Å². The summed E-state index contributed by atoms with van der Waals surface area (Å²) in [5.74, 6) is 0. The molecule has 0 N–H and O–H groups in total. The van der Waals surface area contributed by atoms with Crippen molar-refractivity contribution in [2.75, 3.05) is 0 Å². The van der Waals surface area contributed by atoms with Crippen LogP contribution in [0, 0.1) is 5.41 Å². The summed E-state index contributed by atoms with van der Waals surface area (Å²) >= 11 is 0. The molecule has 0 aliphatic carbocycles. The Hall–Kier alpha value is -3.90. The highest BCUT2D eigenvalue weighted by atomic mass is 14.3. The van der Waals surface area contributed by atoms with E-state index in [0.29, 0.717) is 5.41 Å². The van der Waals surface area contributed by atoms with Gasteiger partial charge in [-0.15, -0.1) is 0 Å². The van der Waals surface area contributed by atoms with Crippen LogP contribution < -0.4 is 0 Å². The van der Waals surface area contributed by atoms with Crippen molar-refractivity contribution >= 4 is 0 Å². The van der Waals surface area contributed by atoms with Crippen molar-refractivity contribution in [3.05, 3.63) is 177 Å². The Kier molecular flexibility index (Phi) is 24.0. The monoisotopic (exact) mass is 897 g/mol. The smallest absolute Gasteiger partial charge is 0.00258 e. The molecule has 0 atom stereocenters. The Balaban J connectivity index is 0.000000817. The summed E-state index contributed by atoms with van der Waals surface area (Å²) in [4.78, 5) is 0. The van der Waals surface area contributed by atoms with E-state index >= 15 is 0 Å². The van der Waals surface area contributed by atoms with Gasteiger partial charge in [-0.25, -0.2) is 0 Å². The maximum atomic E-state index is 2.33. The summed E-state index contributed by atoms with van der Waals surface area (Å²) in [5, 5.41) is 0. The standard InChI is InChI=1S/C17H20.3C14H22.C5H12.C2H6/c1-17(2,3)16-11-9-15(10-12-16)13-14-7-5-4-6-8-14;1-13(2,3)11-7-9-12(10-8-11)14(4,5)6;2*1-13(2,3)11-8-7-9-12(10-11)14(4,5)6;1-5(2,3)4;1-2/h4-12H,13H2,1-3H3;3*7-10H,1-6H3;1-4H3;1-2H3. The molecular formula is C66H104. The average molecular weight is 898 g/mol. The van der Waals surface area contributed by atoms with E-state index in [0.717, 1.165) is 6.42 Å². The number of hydrogen-bond acceptors (Lipinski definition) is 0. The average Bonchev–Trinajstić information content (AvgIpc) is 3.17. The highest BCUT2D eigenvalue weighted by Crippen LogP contribution is 2.31. The third-order valence-corrected chi connectivity index (χ3v) is 10.9. The molecule has 368 valence electrons. The fraction of sp³-hybridized carbons (Fsp3) is 0.545. The van der Waals surface area contributed by atoms with E-state index in [-0.39, 0.29) is 37.9 Å². The zero-order chi connectivity index (χ0) is 51.8. The summed E-state index contributed by atoms with van der Waals surface area (Å²) in [6.45, 7) is 60.1. The molecule has 0 aromatic heterocycles. The predicted molar refractivity (Wildman–Crippen MR) is 302 cm³/mol. The topological polar surface area (TPSA) is 0 Å². The Morgan fingerprint density at radius 2 is 0.424 bits per heavy atom. The zero-order valence-corrected chi connectivity index (χ0v) is 48.3. The lowest BCUT2D eigenvalue weighted by atomic mass is 9.81. The molecule has 0 saturated carbocycles. The van der Waals surface area contributed by atoms with Crippen molar-refractivity contribution in [1.29, 1.82) is 0 Å². The second-order valence-electron chi connectivity index (χ2n) is 26.8. The summed E-state index contributed by atoms with van der Waals surface area (Å²) in [7, 11) is 0. The van der Waals surface area contributed by atoms with Crippen LogP contribution in [0.15, 0.2) is 127 Å². The lowest BCUT2D eigenvalue weighted by molar-refractivity contribution is 0.469. The normalized spacial score (nSPS) is 12.2. The van der Waals surface area contributed by atoms with Crippen molar-refractivity contribution in [3.63, 3.8) is 0 Å². The van der Waals surface area contributed by atoms with Gasteiger partial charge >= 0.3 is 0 Å². The largest absolute Gasteiger partial charge is 0.0683 e. The molecule has 0 aliphatic rings. The molecule has 0 nitrogen and oxygen atoms in total. The third kappa shape index (κ3) is 25.9. The van der Waals surface area contributed by atoms with E-state index in [2.05, 4.69) is 300 Å². The molecule has 0 fully saturated rings. The molecule has 5 rings (SSSR count). The van der Waals surface area contributed by atoms with Crippen LogP contribution in [0.25, 0.3) is 0 Å².